The molecular weight excluding hydrogens is 622 g/mol. The number of nitrogens with one attached hydrogen (secondary N) is 3. The second-order valence-corrected chi connectivity index (χ2v) is 12.1. The van der Waals surface area contributed by atoms with Crippen LogP contribution in [-0.4, -0.2) is 50.9 Å². The lowest BCUT2D eigenvalue weighted by Gasteiger charge is -2.35. The van der Waals surface area contributed by atoms with Crippen LogP contribution in [0.25, 0.3) is 5.53 Å². The molecule has 3 aromatic rings. The van der Waals surface area contributed by atoms with Crippen LogP contribution in [0.3, 0.4) is 0 Å². The molecule has 3 aromatic carbocycles. The fraction of sp³-hybridized carbons (Fsp3) is 0.189. The summed E-state index contributed by atoms with van der Waals surface area (Å²) in [6.07, 6.45) is 11.1. The normalized spacial score (nSPS) is 14.2. The van der Waals surface area contributed by atoms with Gasteiger partial charge < -0.3 is 31.0 Å². The van der Waals surface area contributed by atoms with E-state index >= 15 is 0 Å². The number of rotatable bonds is 11. The Kier molecular flexibility index (Phi) is 10.7. The van der Waals surface area contributed by atoms with Crippen molar-refractivity contribution < 1.29 is 28.6 Å². The van der Waals surface area contributed by atoms with Crippen LogP contribution in [0.15, 0.2) is 127 Å². The van der Waals surface area contributed by atoms with Crippen molar-refractivity contribution in [3.8, 4) is 17.2 Å². The molecule has 2 aliphatic heterocycles. The lowest BCUT2D eigenvalue weighted by Crippen LogP contribution is -2.43. The topological polar surface area (TPSA) is 149 Å². The number of Topliss-reactive ketones (excluding diaryl/α,β-unsaturated/α-hetero) is 1. The van der Waals surface area contributed by atoms with E-state index in [2.05, 4.69) is 20.7 Å². The van der Waals surface area contributed by atoms with E-state index < -0.39 is 29.4 Å². The van der Waals surface area contributed by atoms with E-state index in [1.165, 1.54) is 0 Å². The summed E-state index contributed by atoms with van der Waals surface area (Å²) in [6, 6.07) is 22.2. The molecule has 0 aliphatic carbocycles. The van der Waals surface area contributed by atoms with Crippen molar-refractivity contribution in [1.29, 1.82) is 0 Å². The highest BCUT2D eigenvalue weighted by Gasteiger charge is 2.27. The van der Waals surface area contributed by atoms with Gasteiger partial charge in [-0.1, -0.05) is 36.4 Å². The third kappa shape index (κ3) is 9.80. The van der Waals surface area contributed by atoms with Gasteiger partial charge in [0.1, 0.15) is 28.5 Å². The van der Waals surface area contributed by atoms with E-state index in [-0.39, 0.29) is 12.1 Å². The summed E-state index contributed by atoms with van der Waals surface area (Å²) in [6.45, 7) is 6.23. The summed E-state index contributed by atoms with van der Waals surface area (Å²) in [5.74, 6) is 1.03. The van der Waals surface area contributed by atoms with Gasteiger partial charge in [-0.25, -0.2) is 4.79 Å². The van der Waals surface area contributed by atoms with Gasteiger partial charge in [-0.2, -0.15) is 4.79 Å². The van der Waals surface area contributed by atoms with Crippen LogP contribution in [0.4, 0.5) is 10.5 Å². The molecular formula is C37H37N7O5. The Labute approximate surface area is 284 Å². The zero-order chi connectivity index (χ0) is 34.8. The van der Waals surface area contributed by atoms with Gasteiger partial charge >= 0.3 is 12.2 Å². The zero-order valence-electron chi connectivity index (χ0n) is 27.4. The lowest BCUT2D eigenvalue weighted by molar-refractivity contribution is -0.121. The standard InChI is InChI=1S/C37H37N7O5/c1-37(2,3)49-32-17-13-26(14-18-32)33(23-29(45)24-39-38)42-35(46)34-12-8-22-43-21-7-9-28(25-44(34)43)41-36(47)40-27-15-19-31(20-16-27)48-30-10-5-4-6-11-30/h4-20,22,24-25,33H,21,23H2,1-3H3,(H,42,46)(H2,40,41,47). The predicted molar refractivity (Wildman–Crippen MR) is 185 cm³/mol. The molecule has 0 saturated heterocycles. The molecule has 1 atom stereocenters. The molecule has 3 amide bonds. The number of anilines is 1. The first-order valence-electron chi connectivity index (χ1n) is 15.6. The maximum Gasteiger partial charge on any atom is 0.323 e. The molecule has 2 heterocycles. The third-order valence-corrected chi connectivity index (χ3v) is 7.09. The Morgan fingerprint density at radius 1 is 0.939 bits per heavy atom. The second-order valence-electron chi connectivity index (χ2n) is 12.1. The van der Waals surface area contributed by atoms with E-state index in [9.17, 15) is 14.4 Å². The number of carbonyl (C=O) groups excluding carboxylic acids is 3. The van der Waals surface area contributed by atoms with Crippen LogP contribution >= 0.6 is 0 Å². The number of allylic oxidation sites excluding steroid dienone is 3. The summed E-state index contributed by atoms with van der Waals surface area (Å²) in [7, 11) is 0. The van der Waals surface area contributed by atoms with Crippen molar-refractivity contribution in [2.24, 2.45) is 0 Å². The Hall–Kier alpha value is -6.39. The summed E-state index contributed by atoms with van der Waals surface area (Å²) >= 11 is 0. The van der Waals surface area contributed by atoms with Crippen molar-refractivity contribution in [2.75, 3.05) is 11.9 Å². The number of hydrazine groups is 1. The van der Waals surface area contributed by atoms with Crippen molar-refractivity contribution in [2.45, 2.75) is 38.8 Å². The number of carbonyl (C=O) groups is 3. The van der Waals surface area contributed by atoms with Crippen molar-refractivity contribution >= 4 is 29.6 Å². The van der Waals surface area contributed by atoms with Crippen LogP contribution in [0.2, 0.25) is 0 Å². The monoisotopic (exact) mass is 659 g/mol. The third-order valence-electron chi connectivity index (χ3n) is 7.09. The van der Waals surface area contributed by atoms with Crippen LogP contribution in [0.1, 0.15) is 38.8 Å². The summed E-state index contributed by atoms with van der Waals surface area (Å²) < 4.78 is 11.7. The minimum atomic E-state index is -0.746. The number of para-hydroxylation sites is 1. The van der Waals surface area contributed by atoms with E-state index in [1.54, 1.807) is 89.2 Å². The largest absolute Gasteiger partial charge is 0.488 e. The molecule has 12 heteroatoms. The molecule has 2 aliphatic rings. The minimum Gasteiger partial charge on any atom is -0.488 e. The van der Waals surface area contributed by atoms with E-state index in [0.717, 1.165) is 6.21 Å². The van der Waals surface area contributed by atoms with Gasteiger partial charge in [0, 0.05) is 18.3 Å². The first kappa shape index (κ1) is 34.0. The van der Waals surface area contributed by atoms with Gasteiger partial charge in [0.05, 0.1) is 24.5 Å². The summed E-state index contributed by atoms with van der Waals surface area (Å²) in [4.78, 5) is 42.1. The highest BCUT2D eigenvalue weighted by molar-refractivity contribution is 6.25. The van der Waals surface area contributed by atoms with Crippen molar-refractivity contribution in [1.82, 2.24) is 20.7 Å². The molecule has 49 heavy (non-hydrogen) atoms. The molecule has 250 valence electrons. The number of benzene rings is 3. The first-order chi connectivity index (χ1) is 23.6. The Morgan fingerprint density at radius 2 is 1.63 bits per heavy atom. The van der Waals surface area contributed by atoms with Crippen LogP contribution in [-0.2, 0) is 9.59 Å². The number of fused-ring (bicyclic) bond motifs is 1. The number of urea groups is 1. The van der Waals surface area contributed by atoms with E-state index in [0.29, 0.717) is 40.7 Å². The summed E-state index contributed by atoms with van der Waals surface area (Å²) in [5.41, 5.74) is 10.4. The van der Waals surface area contributed by atoms with Gasteiger partial charge in [0.2, 0.25) is 5.78 Å². The summed E-state index contributed by atoms with van der Waals surface area (Å²) in [5, 5.41) is 12.0. The molecule has 0 saturated carbocycles. The van der Waals surface area contributed by atoms with Gasteiger partial charge in [-0.15, -0.1) is 0 Å². The SMILES string of the molecule is CC(C)(C)Oc1ccc(C(CC(=O)C=[N+]=[N-])NC(=O)C2=CC=CN3CC=CC(NC(=O)Nc4ccc(Oc5ccccc5)cc4)=CN23)cc1. The molecule has 0 spiro atoms. The van der Waals surface area contributed by atoms with Crippen LogP contribution in [0, 0.1) is 0 Å². The van der Waals surface area contributed by atoms with Crippen LogP contribution < -0.4 is 25.4 Å². The number of hydrogen-bond acceptors (Lipinski definition) is 7. The number of nitrogens with zero attached hydrogens (tertiary/aromatic N) is 4. The van der Waals surface area contributed by atoms with Gasteiger partial charge in [-0.05, 0) is 93.1 Å². The maximum absolute atomic E-state index is 13.8. The zero-order valence-corrected chi connectivity index (χ0v) is 27.4. The van der Waals surface area contributed by atoms with Gasteiger partial charge in [0.25, 0.3) is 5.91 Å². The Balaban J connectivity index is 1.27. The molecule has 0 aromatic heterocycles. The number of ketones is 1. The highest BCUT2D eigenvalue weighted by atomic mass is 16.5. The smallest absolute Gasteiger partial charge is 0.323 e. The minimum absolute atomic E-state index is 0.147. The van der Waals surface area contributed by atoms with Crippen molar-refractivity contribution in [3.05, 3.63) is 138 Å². The van der Waals surface area contributed by atoms with E-state index in [1.807, 2.05) is 57.2 Å². The molecule has 1 unspecified atom stereocenters. The predicted octanol–water partition coefficient (Wildman–Crippen LogP) is 6.24. The average molecular weight is 660 g/mol. The Bertz CT molecular complexity index is 1840. The molecule has 12 nitrogen and oxygen atoms in total. The maximum atomic E-state index is 13.8. The van der Waals surface area contributed by atoms with Gasteiger partial charge in [-0.3, -0.25) is 19.6 Å². The quantitative estimate of drug-likeness (QED) is 0.125. The van der Waals surface area contributed by atoms with Crippen LogP contribution in [0.5, 0.6) is 17.2 Å². The fourth-order valence-corrected chi connectivity index (χ4v) is 4.98. The van der Waals surface area contributed by atoms with Gasteiger partial charge in [0.15, 0.2) is 0 Å². The molecule has 5 rings (SSSR count). The Morgan fingerprint density at radius 3 is 2.33 bits per heavy atom. The lowest BCUT2D eigenvalue weighted by atomic mass is 10.0. The number of hydrogen-bond donors (Lipinski definition) is 3. The second kappa shape index (κ2) is 15.5. The number of amides is 3. The first-order valence-corrected chi connectivity index (χ1v) is 15.6. The van der Waals surface area contributed by atoms with Crippen molar-refractivity contribution in [3.63, 3.8) is 0 Å². The fourth-order valence-electron chi connectivity index (χ4n) is 4.98. The molecule has 0 fully saturated rings. The average Bonchev–Trinajstić information content (AvgIpc) is 3.27. The molecule has 0 radical (unpaired) electrons. The molecule has 3 N–H and O–H groups in total. The highest BCUT2D eigenvalue weighted by Crippen LogP contribution is 2.26. The molecule has 0 bridgehead atoms. The number of ether oxygens (including phenoxy) is 2. The van der Waals surface area contributed by atoms with E-state index in [4.69, 9.17) is 15.0 Å².